The number of furan rings is 1. The molecule has 0 spiro atoms. The fraction of sp³-hybridized carbons (Fsp3) is 0.296. The highest BCUT2D eigenvalue weighted by atomic mass is 19.4. The van der Waals surface area contributed by atoms with Crippen LogP contribution in [-0.4, -0.2) is 44.6 Å². The number of carbonyl (C=O) groups is 1. The number of hydrogen-bond donors (Lipinski definition) is 1. The largest absolute Gasteiger partial charge is 0.454 e. The zero-order valence-corrected chi connectivity index (χ0v) is 19.7. The molecule has 1 aromatic carbocycles. The molecule has 0 unspecified atom stereocenters. The molecule has 1 amide bonds. The van der Waals surface area contributed by atoms with Crippen molar-refractivity contribution in [3.63, 3.8) is 0 Å². The lowest BCUT2D eigenvalue weighted by atomic mass is 10.00. The van der Waals surface area contributed by atoms with Crippen molar-refractivity contribution in [2.45, 2.75) is 44.5 Å². The van der Waals surface area contributed by atoms with Crippen LogP contribution < -0.4 is 0 Å². The number of amides is 1. The van der Waals surface area contributed by atoms with E-state index in [4.69, 9.17) is 4.42 Å². The van der Waals surface area contributed by atoms with Crippen molar-refractivity contribution >= 4 is 17.0 Å². The number of aliphatic hydroxyl groups is 1. The van der Waals surface area contributed by atoms with E-state index in [2.05, 4.69) is 9.97 Å². The number of pyridine rings is 2. The molecule has 36 heavy (non-hydrogen) atoms. The summed E-state index contributed by atoms with van der Waals surface area (Å²) in [6.07, 6.45) is -0.894. The molecule has 1 aliphatic rings. The van der Waals surface area contributed by atoms with E-state index in [1.54, 1.807) is 50.5 Å². The van der Waals surface area contributed by atoms with Crippen LogP contribution in [0.4, 0.5) is 13.2 Å². The summed E-state index contributed by atoms with van der Waals surface area (Å²) < 4.78 is 46.0. The van der Waals surface area contributed by atoms with Crippen LogP contribution in [0.25, 0.3) is 33.6 Å². The van der Waals surface area contributed by atoms with E-state index in [1.807, 2.05) is 12.1 Å². The van der Waals surface area contributed by atoms with Gasteiger partial charge in [-0.3, -0.25) is 14.8 Å². The van der Waals surface area contributed by atoms with Crippen LogP contribution in [0, 0.1) is 0 Å². The van der Waals surface area contributed by atoms with Gasteiger partial charge in [0.1, 0.15) is 22.9 Å². The van der Waals surface area contributed by atoms with Gasteiger partial charge in [0, 0.05) is 41.7 Å². The second-order valence-electron chi connectivity index (χ2n) is 9.45. The quantitative estimate of drug-likeness (QED) is 0.378. The number of likely N-dealkylation sites (tertiary alicyclic amines) is 1. The predicted octanol–water partition coefficient (Wildman–Crippen LogP) is 5.95. The van der Waals surface area contributed by atoms with Gasteiger partial charge in [-0.15, -0.1) is 0 Å². The molecule has 0 radical (unpaired) electrons. The molecular weight excluding hydrogens is 471 g/mol. The number of carbonyl (C=O) groups excluding carboxylic acids is 1. The predicted molar refractivity (Wildman–Crippen MR) is 128 cm³/mol. The number of aromatic nitrogens is 2. The Kier molecular flexibility index (Phi) is 5.83. The van der Waals surface area contributed by atoms with Crippen molar-refractivity contribution in [3.05, 3.63) is 72.2 Å². The van der Waals surface area contributed by atoms with E-state index in [9.17, 15) is 23.1 Å². The van der Waals surface area contributed by atoms with Crippen LogP contribution in [-0.2, 0) is 5.60 Å². The molecular formula is C27H24F3N3O3. The Morgan fingerprint density at radius 3 is 2.44 bits per heavy atom. The molecule has 1 aliphatic heterocycles. The second kappa shape index (κ2) is 8.74. The van der Waals surface area contributed by atoms with Crippen molar-refractivity contribution in [3.8, 4) is 22.5 Å². The molecule has 0 bridgehead atoms. The molecule has 6 nitrogen and oxygen atoms in total. The van der Waals surface area contributed by atoms with Gasteiger partial charge in [0.25, 0.3) is 5.91 Å². The van der Waals surface area contributed by atoms with Crippen LogP contribution in [0.2, 0.25) is 0 Å². The summed E-state index contributed by atoms with van der Waals surface area (Å²) in [5.41, 5.74) is 3.02. The van der Waals surface area contributed by atoms with E-state index in [0.717, 1.165) is 16.0 Å². The van der Waals surface area contributed by atoms with Gasteiger partial charge < -0.3 is 14.4 Å². The number of alkyl halides is 3. The van der Waals surface area contributed by atoms with Crippen molar-refractivity contribution in [2.24, 2.45) is 0 Å². The number of halogens is 3. The number of rotatable bonds is 4. The monoisotopic (exact) mass is 495 g/mol. The Balaban J connectivity index is 1.45. The maximum atomic E-state index is 13.3. The van der Waals surface area contributed by atoms with Crippen LogP contribution in [0.3, 0.4) is 0 Å². The first-order chi connectivity index (χ1) is 17.0. The summed E-state index contributed by atoms with van der Waals surface area (Å²) >= 11 is 0. The Morgan fingerprint density at radius 2 is 1.75 bits per heavy atom. The highest BCUT2D eigenvalue weighted by molar-refractivity contribution is 5.96. The van der Waals surface area contributed by atoms with Crippen LogP contribution in [0.15, 0.2) is 65.3 Å². The molecule has 3 aromatic heterocycles. The first-order valence-electron chi connectivity index (χ1n) is 11.6. The van der Waals surface area contributed by atoms with Gasteiger partial charge in [0.2, 0.25) is 0 Å². The standard InChI is InChI=1S/C27H24F3N3O3/c1-26(2,35)22-14-18(9-11-32-22)19-10-12-31-20-15-21(36-24(19)20)16-5-7-17(8-6-16)25(34)33-13-3-4-23(33)27(28,29)30/h5-12,14-15,23,35H,3-4,13H2,1-2H3/t23-/m0/s1. The zero-order valence-electron chi connectivity index (χ0n) is 19.7. The Bertz CT molecular complexity index is 1420. The minimum Gasteiger partial charge on any atom is -0.454 e. The van der Waals surface area contributed by atoms with E-state index in [1.165, 1.54) is 12.1 Å². The minimum absolute atomic E-state index is 0.0730. The highest BCUT2D eigenvalue weighted by Gasteiger charge is 2.47. The van der Waals surface area contributed by atoms with Gasteiger partial charge in [-0.1, -0.05) is 12.1 Å². The molecule has 0 aliphatic carbocycles. The first-order valence-corrected chi connectivity index (χ1v) is 11.6. The average Bonchev–Trinajstić information content (AvgIpc) is 3.51. The lowest BCUT2D eigenvalue weighted by Gasteiger charge is -2.26. The van der Waals surface area contributed by atoms with Gasteiger partial charge in [-0.2, -0.15) is 13.2 Å². The summed E-state index contributed by atoms with van der Waals surface area (Å²) in [6, 6.07) is 11.8. The average molecular weight is 496 g/mol. The van der Waals surface area contributed by atoms with Gasteiger partial charge in [0.15, 0.2) is 5.58 Å². The Hall–Kier alpha value is -3.72. The third-order valence-corrected chi connectivity index (χ3v) is 6.42. The van der Waals surface area contributed by atoms with Crippen LogP contribution in [0.1, 0.15) is 42.7 Å². The van der Waals surface area contributed by atoms with Crippen LogP contribution in [0.5, 0.6) is 0 Å². The number of fused-ring (bicyclic) bond motifs is 1. The third kappa shape index (κ3) is 4.46. The molecule has 4 heterocycles. The van der Waals surface area contributed by atoms with Crippen LogP contribution >= 0.6 is 0 Å². The number of hydrogen-bond acceptors (Lipinski definition) is 5. The molecule has 1 saturated heterocycles. The maximum absolute atomic E-state index is 13.3. The summed E-state index contributed by atoms with van der Waals surface area (Å²) in [6.45, 7) is 3.41. The molecule has 186 valence electrons. The summed E-state index contributed by atoms with van der Waals surface area (Å²) in [5.74, 6) is -0.120. The van der Waals surface area contributed by atoms with Crippen molar-refractivity contribution in [1.82, 2.24) is 14.9 Å². The molecule has 1 N–H and O–H groups in total. The third-order valence-electron chi connectivity index (χ3n) is 6.42. The maximum Gasteiger partial charge on any atom is 0.408 e. The van der Waals surface area contributed by atoms with Crippen molar-refractivity contribution < 1.29 is 27.5 Å². The molecule has 1 fully saturated rings. The first kappa shape index (κ1) is 24.0. The highest BCUT2D eigenvalue weighted by Crippen LogP contribution is 2.36. The van der Waals surface area contributed by atoms with E-state index in [-0.39, 0.29) is 18.5 Å². The Labute approximate surface area is 205 Å². The van der Waals surface area contributed by atoms with E-state index < -0.39 is 23.7 Å². The van der Waals surface area contributed by atoms with Crippen molar-refractivity contribution in [2.75, 3.05) is 6.54 Å². The van der Waals surface area contributed by atoms with Gasteiger partial charge in [-0.05, 0) is 62.6 Å². The number of benzene rings is 1. The SMILES string of the molecule is CC(C)(O)c1cc(-c2ccnc3cc(-c4ccc(C(=O)N5CCC[C@H]5C(F)(F)F)cc4)oc23)ccn1. The fourth-order valence-corrected chi connectivity index (χ4v) is 4.53. The fourth-order valence-electron chi connectivity index (χ4n) is 4.53. The molecule has 9 heteroatoms. The second-order valence-corrected chi connectivity index (χ2v) is 9.45. The minimum atomic E-state index is -4.44. The lowest BCUT2D eigenvalue weighted by Crippen LogP contribution is -2.44. The smallest absolute Gasteiger partial charge is 0.408 e. The van der Waals surface area contributed by atoms with E-state index >= 15 is 0 Å². The summed E-state index contributed by atoms with van der Waals surface area (Å²) in [5, 5.41) is 10.3. The summed E-state index contributed by atoms with van der Waals surface area (Å²) in [7, 11) is 0. The van der Waals surface area contributed by atoms with Gasteiger partial charge >= 0.3 is 6.18 Å². The van der Waals surface area contributed by atoms with Crippen molar-refractivity contribution in [1.29, 1.82) is 0 Å². The molecule has 1 atom stereocenters. The van der Waals surface area contributed by atoms with Gasteiger partial charge in [-0.25, -0.2) is 0 Å². The topological polar surface area (TPSA) is 79.5 Å². The van der Waals surface area contributed by atoms with Gasteiger partial charge in [0.05, 0.1) is 5.69 Å². The molecule has 5 rings (SSSR count). The zero-order chi connectivity index (χ0) is 25.7. The summed E-state index contributed by atoms with van der Waals surface area (Å²) in [4.78, 5) is 22.3. The lowest BCUT2D eigenvalue weighted by molar-refractivity contribution is -0.169. The molecule has 4 aromatic rings. The molecule has 0 saturated carbocycles. The van der Waals surface area contributed by atoms with E-state index in [0.29, 0.717) is 34.5 Å². The Morgan fingerprint density at radius 1 is 1.03 bits per heavy atom. The number of nitrogens with zero attached hydrogens (tertiary/aromatic N) is 3. The normalized spacial score (nSPS) is 16.6.